The molecule has 2 aliphatic heterocycles. The predicted molar refractivity (Wildman–Crippen MR) is 114 cm³/mol. The lowest BCUT2D eigenvalue weighted by molar-refractivity contribution is -0.140. The number of rotatable bonds is 3. The first-order valence-electron chi connectivity index (χ1n) is 10.2. The zero-order chi connectivity index (χ0) is 22.6. The molecule has 0 fully saturated rings. The molecule has 0 radical (unpaired) electrons. The maximum atomic E-state index is 14.2. The first kappa shape index (κ1) is 20.8. The van der Waals surface area contributed by atoms with Crippen molar-refractivity contribution in [3.8, 4) is 0 Å². The first-order valence-corrected chi connectivity index (χ1v) is 10.2. The van der Waals surface area contributed by atoms with E-state index in [9.17, 15) is 24.3 Å². The summed E-state index contributed by atoms with van der Waals surface area (Å²) in [5, 5.41) is 9.54. The summed E-state index contributed by atoms with van der Waals surface area (Å²) < 4.78 is 0. The number of aryl methyl sites for hydroxylation is 1. The minimum atomic E-state index is -1.55. The van der Waals surface area contributed by atoms with E-state index in [2.05, 4.69) is 0 Å². The number of aliphatic carboxylic acids is 1. The van der Waals surface area contributed by atoms with Crippen LogP contribution in [0.25, 0.3) is 0 Å². The number of nitrogens with zero attached hydrogens (tertiary/aromatic N) is 2. The van der Waals surface area contributed by atoms with Crippen LogP contribution in [0.4, 0.5) is 5.69 Å². The average molecular weight is 420 g/mol. The molecule has 31 heavy (non-hydrogen) atoms. The third kappa shape index (κ3) is 2.95. The van der Waals surface area contributed by atoms with Crippen LogP contribution in [0.15, 0.2) is 48.5 Å². The number of carboxylic acids is 1. The van der Waals surface area contributed by atoms with E-state index in [4.69, 9.17) is 0 Å². The van der Waals surface area contributed by atoms with Crippen LogP contribution in [0.5, 0.6) is 0 Å². The highest BCUT2D eigenvalue weighted by Gasteiger charge is 2.61. The van der Waals surface area contributed by atoms with Crippen molar-refractivity contribution < 1.29 is 24.3 Å². The van der Waals surface area contributed by atoms with Gasteiger partial charge in [-0.3, -0.25) is 29.0 Å². The van der Waals surface area contributed by atoms with E-state index in [1.807, 2.05) is 32.9 Å². The fourth-order valence-electron chi connectivity index (χ4n) is 4.81. The Morgan fingerprint density at radius 3 is 2.06 bits per heavy atom. The van der Waals surface area contributed by atoms with E-state index in [1.54, 1.807) is 36.4 Å². The van der Waals surface area contributed by atoms with Crippen LogP contribution in [0.1, 0.15) is 53.5 Å². The molecule has 0 aliphatic carbocycles. The van der Waals surface area contributed by atoms with Gasteiger partial charge in [-0.2, -0.15) is 0 Å². The lowest BCUT2D eigenvalue weighted by Crippen LogP contribution is -2.68. The molecule has 2 aromatic carbocycles. The summed E-state index contributed by atoms with van der Waals surface area (Å²) in [5.41, 5.74) is -0.575. The van der Waals surface area contributed by atoms with Gasteiger partial charge in [0, 0.05) is 5.69 Å². The van der Waals surface area contributed by atoms with Gasteiger partial charge in [-0.1, -0.05) is 51.1 Å². The van der Waals surface area contributed by atoms with Crippen LogP contribution >= 0.6 is 0 Å². The Morgan fingerprint density at radius 2 is 1.52 bits per heavy atom. The zero-order valence-corrected chi connectivity index (χ0v) is 17.7. The molecule has 2 heterocycles. The van der Waals surface area contributed by atoms with Gasteiger partial charge in [0.1, 0.15) is 12.1 Å². The summed E-state index contributed by atoms with van der Waals surface area (Å²) in [7, 11) is 0. The van der Waals surface area contributed by atoms with Gasteiger partial charge < -0.3 is 5.11 Å². The van der Waals surface area contributed by atoms with E-state index < -0.39 is 41.2 Å². The van der Waals surface area contributed by atoms with E-state index in [1.165, 1.54) is 4.90 Å². The largest absolute Gasteiger partial charge is 0.480 e. The molecule has 2 aliphatic rings. The number of hydrogen-bond acceptors (Lipinski definition) is 4. The number of imide groups is 1. The fraction of sp³-hybridized carbons (Fsp3) is 0.333. The number of amides is 3. The van der Waals surface area contributed by atoms with Gasteiger partial charge in [0.05, 0.1) is 11.1 Å². The maximum absolute atomic E-state index is 14.2. The Labute approximate surface area is 180 Å². The van der Waals surface area contributed by atoms with Crippen molar-refractivity contribution in [3.05, 3.63) is 65.2 Å². The normalized spacial score (nSPS) is 21.1. The molecule has 2 aromatic rings. The number of carbonyl (C=O) groups excluding carboxylic acids is 3. The Morgan fingerprint density at radius 1 is 0.968 bits per heavy atom. The Hall–Kier alpha value is -3.48. The summed E-state index contributed by atoms with van der Waals surface area (Å²) in [6.07, 6.45) is 0.622. The van der Waals surface area contributed by atoms with E-state index in [0.29, 0.717) is 12.1 Å². The van der Waals surface area contributed by atoms with Crippen LogP contribution in [0, 0.1) is 5.41 Å². The quantitative estimate of drug-likeness (QED) is 0.770. The molecule has 0 saturated carbocycles. The number of carboxylic acid groups (broad SMARTS) is 1. The topological polar surface area (TPSA) is 95.0 Å². The summed E-state index contributed by atoms with van der Waals surface area (Å²) in [5.74, 6) is -2.77. The van der Waals surface area contributed by atoms with Crippen LogP contribution in [-0.4, -0.2) is 45.8 Å². The monoisotopic (exact) mass is 420 g/mol. The molecule has 0 saturated heterocycles. The van der Waals surface area contributed by atoms with Crippen molar-refractivity contribution in [2.24, 2.45) is 5.41 Å². The van der Waals surface area contributed by atoms with Crippen LogP contribution < -0.4 is 4.90 Å². The van der Waals surface area contributed by atoms with Crippen molar-refractivity contribution in [2.75, 3.05) is 11.4 Å². The van der Waals surface area contributed by atoms with Crippen molar-refractivity contribution in [3.63, 3.8) is 0 Å². The minimum Gasteiger partial charge on any atom is -0.480 e. The zero-order valence-electron chi connectivity index (χ0n) is 17.7. The number of hydrogen-bond donors (Lipinski definition) is 1. The van der Waals surface area contributed by atoms with Gasteiger partial charge in [-0.25, -0.2) is 0 Å². The Bertz CT molecular complexity index is 1080. The molecule has 160 valence electrons. The van der Waals surface area contributed by atoms with Gasteiger partial charge in [0.25, 0.3) is 17.7 Å². The van der Waals surface area contributed by atoms with Crippen molar-refractivity contribution in [1.82, 2.24) is 4.90 Å². The number of carbonyl (C=O) groups is 4. The minimum absolute atomic E-state index is 0.202. The van der Waals surface area contributed by atoms with E-state index in [-0.39, 0.29) is 17.5 Å². The molecule has 7 nitrogen and oxygen atoms in total. The van der Waals surface area contributed by atoms with Crippen LogP contribution in [-0.2, 0) is 16.0 Å². The van der Waals surface area contributed by atoms with Crippen LogP contribution in [0.3, 0.4) is 0 Å². The smallest absolute Gasteiger partial charge is 0.323 e. The predicted octanol–water partition coefficient (Wildman–Crippen LogP) is 3.13. The van der Waals surface area contributed by atoms with Gasteiger partial charge in [0.2, 0.25) is 0 Å². The standard InChI is InChI=1S/C24H24N2O5/c1-23(2,3)24(26-20(29)16-9-5-6-10-17(16)21(26)30)13-12-15-8-4-7-11-18(15)25(22(24)31)14-19(27)28/h4-11H,12-14H2,1-3H3,(H,27,28). The second-order valence-corrected chi connectivity index (χ2v) is 9.02. The SMILES string of the molecule is CC(C)(C)C1(N2C(=O)c3ccccc3C2=O)CCc2ccccc2N(CC(=O)O)C1=O. The van der Waals surface area contributed by atoms with Gasteiger partial charge in [-0.15, -0.1) is 0 Å². The van der Waals surface area contributed by atoms with Gasteiger partial charge >= 0.3 is 5.97 Å². The maximum Gasteiger partial charge on any atom is 0.323 e. The average Bonchev–Trinajstić information content (AvgIpc) is 2.89. The molecule has 0 aromatic heterocycles. The number of benzene rings is 2. The molecule has 0 spiro atoms. The Balaban J connectivity index is 1.94. The fourth-order valence-corrected chi connectivity index (χ4v) is 4.81. The molecular formula is C24H24N2O5. The van der Waals surface area contributed by atoms with Crippen molar-refractivity contribution in [1.29, 1.82) is 0 Å². The third-order valence-electron chi connectivity index (χ3n) is 6.35. The second-order valence-electron chi connectivity index (χ2n) is 9.02. The number of para-hydroxylation sites is 1. The Kier molecular flexibility index (Phi) is 4.72. The molecule has 1 N–H and O–H groups in total. The van der Waals surface area contributed by atoms with E-state index in [0.717, 1.165) is 10.5 Å². The first-order chi connectivity index (χ1) is 14.6. The van der Waals surface area contributed by atoms with Crippen LogP contribution in [0.2, 0.25) is 0 Å². The molecule has 1 unspecified atom stereocenters. The lowest BCUT2D eigenvalue weighted by atomic mass is 9.68. The lowest BCUT2D eigenvalue weighted by Gasteiger charge is -2.49. The summed E-state index contributed by atoms with van der Waals surface area (Å²) in [4.78, 5) is 55.0. The third-order valence-corrected chi connectivity index (χ3v) is 6.35. The molecule has 7 heteroatoms. The van der Waals surface area contributed by atoms with Crippen molar-refractivity contribution >= 4 is 29.4 Å². The summed E-state index contributed by atoms with van der Waals surface area (Å²) in [6, 6.07) is 13.6. The molecule has 0 bridgehead atoms. The number of anilines is 1. The van der Waals surface area contributed by atoms with Crippen molar-refractivity contribution in [2.45, 2.75) is 39.2 Å². The summed E-state index contributed by atoms with van der Waals surface area (Å²) in [6.45, 7) is 4.87. The summed E-state index contributed by atoms with van der Waals surface area (Å²) >= 11 is 0. The molecular weight excluding hydrogens is 396 g/mol. The molecule has 1 atom stereocenters. The molecule has 3 amide bonds. The van der Waals surface area contributed by atoms with Gasteiger partial charge in [0.15, 0.2) is 0 Å². The number of fused-ring (bicyclic) bond motifs is 2. The highest BCUT2D eigenvalue weighted by Crippen LogP contribution is 2.47. The molecule has 4 rings (SSSR count). The second kappa shape index (κ2) is 7.04. The van der Waals surface area contributed by atoms with E-state index >= 15 is 0 Å². The highest BCUT2D eigenvalue weighted by atomic mass is 16.4. The van der Waals surface area contributed by atoms with Gasteiger partial charge in [-0.05, 0) is 42.0 Å². The highest BCUT2D eigenvalue weighted by molar-refractivity contribution is 6.24.